The van der Waals surface area contributed by atoms with Crippen molar-refractivity contribution in [1.82, 2.24) is 0 Å². The van der Waals surface area contributed by atoms with Crippen LogP contribution in [0.3, 0.4) is 0 Å². The number of hydrogen-bond acceptors (Lipinski definition) is 2. The van der Waals surface area contributed by atoms with Gasteiger partial charge in [-0.2, -0.15) is 0 Å². The van der Waals surface area contributed by atoms with E-state index in [0.717, 1.165) is 32.4 Å². The van der Waals surface area contributed by atoms with Gasteiger partial charge in [0.15, 0.2) is 0 Å². The molecule has 0 aliphatic heterocycles. The van der Waals surface area contributed by atoms with Gasteiger partial charge in [-0.3, -0.25) is 4.79 Å². The average Bonchev–Trinajstić information content (AvgIpc) is 2.57. The van der Waals surface area contributed by atoms with Crippen molar-refractivity contribution in [2.75, 3.05) is 11.9 Å². The molecule has 0 bridgehead atoms. The van der Waals surface area contributed by atoms with E-state index >= 15 is 0 Å². The Morgan fingerprint density at radius 3 is 2.62 bits per heavy atom. The molecule has 1 amide bonds. The molecule has 5 heteroatoms. The van der Waals surface area contributed by atoms with Crippen LogP contribution in [0.25, 0.3) is 6.08 Å². The summed E-state index contributed by atoms with van der Waals surface area (Å²) in [6.07, 6.45) is 4.21. The first-order valence-electron chi connectivity index (χ1n) is 7.73. The van der Waals surface area contributed by atoms with E-state index in [0.29, 0.717) is 6.61 Å². The molecule has 2 aromatic rings. The zero-order valence-electron chi connectivity index (χ0n) is 13.6. The largest absolute Gasteiger partial charge is 0.493 e. The highest BCUT2D eigenvalue weighted by atomic mass is 79.9. The van der Waals surface area contributed by atoms with Crippen LogP contribution in [-0.2, 0) is 11.2 Å². The van der Waals surface area contributed by atoms with Crippen molar-refractivity contribution in [3.63, 3.8) is 0 Å². The quantitative estimate of drug-likeness (QED) is 0.560. The molecule has 0 spiro atoms. The van der Waals surface area contributed by atoms with Crippen LogP contribution in [-0.4, -0.2) is 12.5 Å². The van der Waals surface area contributed by atoms with Gasteiger partial charge < -0.3 is 10.1 Å². The highest BCUT2D eigenvalue weighted by molar-refractivity contribution is 9.10. The number of ether oxygens (including phenoxy) is 1. The smallest absolute Gasteiger partial charge is 0.248 e. The summed E-state index contributed by atoms with van der Waals surface area (Å²) in [6, 6.07) is 11.6. The van der Waals surface area contributed by atoms with E-state index in [-0.39, 0.29) is 5.91 Å². The fourth-order valence-electron chi connectivity index (χ4n) is 2.16. The number of carbonyl (C=O) groups excluding carboxylic acids is 1. The van der Waals surface area contributed by atoms with Crippen LogP contribution in [0.2, 0.25) is 0 Å². The van der Waals surface area contributed by atoms with E-state index in [1.165, 1.54) is 11.6 Å². The van der Waals surface area contributed by atoms with Gasteiger partial charge in [0.25, 0.3) is 0 Å². The van der Waals surface area contributed by atoms with E-state index in [1.54, 1.807) is 6.08 Å². The number of aryl methyl sites for hydroxylation is 1. The summed E-state index contributed by atoms with van der Waals surface area (Å²) >= 11 is 6.92. The Kier molecular flexibility index (Phi) is 7.06. The van der Waals surface area contributed by atoms with Crippen LogP contribution in [0, 0.1) is 0 Å². The van der Waals surface area contributed by atoms with Crippen LogP contribution in [0.5, 0.6) is 5.75 Å². The number of carbonyl (C=O) groups is 1. The van der Waals surface area contributed by atoms with Crippen molar-refractivity contribution in [2.45, 2.75) is 20.3 Å². The SMILES string of the molecule is CCOc1ccc(Br)cc1/C=C/C(=O)Nc1ccc(CC)cc1Br. The second-order valence-electron chi connectivity index (χ2n) is 5.11. The number of hydrogen-bond donors (Lipinski definition) is 1. The molecule has 24 heavy (non-hydrogen) atoms. The number of benzene rings is 2. The second-order valence-corrected chi connectivity index (χ2v) is 6.88. The Labute approximate surface area is 159 Å². The topological polar surface area (TPSA) is 38.3 Å². The van der Waals surface area contributed by atoms with Gasteiger partial charge in [-0.15, -0.1) is 0 Å². The van der Waals surface area contributed by atoms with E-state index in [1.807, 2.05) is 43.3 Å². The summed E-state index contributed by atoms with van der Waals surface area (Å²) in [5.41, 5.74) is 2.81. The molecule has 0 saturated heterocycles. The van der Waals surface area contributed by atoms with Crippen molar-refractivity contribution >= 4 is 49.5 Å². The lowest BCUT2D eigenvalue weighted by molar-refractivity contribution is -0.111. The molecule has 3 nitrogen and oxygen atoms in total. The molecule has 0 atom stereocenters. The van der Waals surface area contributed by atoms with Gasteiger partial charge in [-0.25, -0.2) is 0 Å². The Morgan fingerprint density at radius 2 is 1.96 bits per heavy atom. The van der Waals surface area contributed by atoms with Crippen molar-refractivity contribution < 1.29 is 9.53 Å². The van der Waals surface area contributed by atoms with Crippen molar-refractivity contribution in [3.05, 3.63) is 62.5 Å². The molecule has 2 aromatic carbocycles. The van der Waals surface area contributed by atoms with Gasteiger partial charge in [0.2, 0.25) is 5.91 Å². The van der Waals surface area contributed by atoms with Crippen LogP contribution < -0.4 is 10.1 Å². The van der Waals surface area contributed by atoms with Gasteiger partial charge in [0.05, 0.1) is 12.3 Å². The average molecular weight is 453 g/mol. The Hall–Kier alpha value is -1.59. The minimum atomic E-state index is -0.192. The minimum Gasteiger partial charge on any atom is -0.493 e. The summed E-state index contributed by atoms with van der Waals surface area (Å²) < 4.78 is 7.39. The fourth-order valence-corrected chi connectivity index (χ4v) is 3.06. The maximum Gasteiger partial charge on any atom is 0.248 e. The fraction of sp³-hybridized carbons (Fsp3) is 0.211. The molecule has 0 radical (unpaired) electrons. The van der Waals surface area contributed by atoms with Gasteiger partial charge in [-0.05, 0) is 71.2 Å². The predicted octanol–water partition coefficient (Wildman–Crippen LogP) is 5.82. The molecule has 0 aliphatic carbocycles. The summed E-state index contributed by atoms with van der Waals surface area (Å²) in [5, 5.41) is 2.87. The molecular weight excluding hydrogens is 434 g/mol. The standard InChI is InChI=1S/C19H19Br2NO2/c1-3-13-5-8-17(16(21)11-13)22-19(23)10-6-14-12-15(20)7-9-18(14)24-4-2/h5-12H,3-4H2,1-2H3,(H,22,23)/b10-6+. The summed E-state index contributed by atoms with van der Waals surface area (Å²) in [7, 11) is 0. The van der Waals surface area contributed by atoms with E-state index in [4.69, 9.17) is 4.74 Å². The summed E-state index contributed by atoms with van der Waals surface area (Å²) in [5.74, 6) is 0.556. The number of anilines is 1. The lowest BCUT2D eigenvalue weighted by Crippen LogP contribution is -2.08. The van der Waals surface area contributed by atoms with E-state index in [9.17, 15) is 4.79 Å². The first-order chi connectivity index (χ1) is 11.5. The number of amides is 1. The number of halogens is 2. The van der Waals surface area contributed by atoms with Gasteiger partial charge in [0.1, 0.15) is 5.75 Å². The lowest BCUT2D eigenvalue weighted by atomic mass is 10.1. The summed E-state index contributed by atoms with van der Waals surface area (Å²) in [4.78, 5) is 12.2. The second kappa shape index (κ2) is 9.04. The Bertz CT molecular complexity index is 757. The normalized spacial score (nSPS) is 10.8. The highest BCUT2D eigenvalue weighted by Crippen LogP contribution is 2.26. The first kappa shape index (κ1) is 18.7. The maximum absolute atomic E-state index is 12.2. The van der Waals surface area contributed by atoms with Crippen molar-refractivity contribution in [1.29, 1.82) is 0 Å². The van der Waals surface area contributed by atoms with Crippen LogP contribution >= 0.6 is 31.9 Å². The van der Waals surface area contributed by atoms with E-state index in [2.05, 4.69) is 44.1 Å². The minimum absolute atomic E-state index is 0.192. The highest BCUT2D eigenvalue weighted by Gasteiger charge is 2.05. The van der Waals surface area contributed by atoms with Crippen LogP contribution in [0.1, 0.15) is 25.0 Å². The lowest BCUT2D eigenvalue weighted by Gasteiger charge is -2.08. The molecule has 1 N–H and O–H groups in total. The third-order valence-electron chi connectivity index (χ3n) is 3.39. The van der Waals surface area contributed by atoms with Crippen molar-refractivity contribution in [3.8, 4) is 5.75 Å². The van der Waals surface area contributed by atoms with Gasteiger partial charge >= 0.3 is 0 Å². The van der Waals surface area contributed by atoms with Gasteiger partial charge in [-0.1, -0.05) is 28.9 Å². The first-order valence-corrected chi connectivity index (χ1v) is 9.32. The Morgan fingerprint density at radius 1 is 1.17 bits per heavy atom. The molecular formula is C19H19Br2NO2. The monoisotopic (exact) mass is 451 g/mol. The predicted molar refractivity (Wildman–Crippen MR) is 106 cm³/mol. The number of rotatable bonds is 6. The molecule has 0 saturated carbocycles. The van der Waals surface area contributed by atoms with Crippen LogP contribution in [0.4, 0.5) is 5.69 Å². The number of nitrogens with one attached hydrogen (secondary N) is 1. The molecule has 0 fully saturated rings. The van der Waals surface area contributed by atoms with Crippen molar-refractivity contribution in [2.24, 2.45) is 0 Å². The van der Waals surface area contributed by atoms with E-state index < -0.39 is 0 Å². The molecule has 2 rings (SSSR count). The summed E-state index contributed by atoms with van der Waals surface area (Å²) in [6.45, 7) is 4.60. The molecule has 0 unspecified atom stereocenters. The van der Waals surface area contributed by atoms with Gasteiger partial charge in [0, 0.05) is 20.6 Å². The molecule has 0 aliphatic rings. The molecule has 0 aromatic heterocycles. The maximum atomic E-state index is 12.2. The molecule has 0 heterocycles. The third kappa shape index (κ3) is 5.21. The molecule has 126 valence electrons. The Balaban J connectivity index is 2.12. The zero-order valence-corrected chi connectivity index (χ0v) is 16.8. The van der Waals surface area contributed by atoms with Crippen LogP contribution in [0.15, 0.2) is 51.4 Å². The third-order valence-corrected chi connectivity index (χ3v) is 4.53. The zero-order chi connectivity index (χ0) is 17.5.